The van der Waals surface area contributed by atoms with Crippen molar-refractivity contribution in [1.29, 1.82) is 5.26 Å². The number of fused-ring (bicyclic) bond motifs is 1. The molecule has 0 saturated heterocycles. The van der Waals surface area contributed by atoms with Gasteiger partial charge in [0.05, 0.1) is 22.9 Å². The Morgan fingerprint density at radius 2 is 2.07 bits per heavy atom. The SMILES string of the molecule is CCCCCCn1c(SCC(=O)N[C@@](C)(C#N)C(C)C)nc2ccccc21. The van der Waals surface area contributed by atoms with Crippen LogP contribution < -0.4 is 5.32 Å². The molecule has 27 heavy (non-hydrogen) atoms. The molecule has 0 aliphatic heterocycles. The summed E-state index contributed by atoms with van der Waals surface area (Å²) in [4.78, 5) is 17.1. The number of aromatic nitrogens is 2. The first kappa shape index (κ1) is 21.3. The zero-order valence-electron chi connectivity index (χ0n) is 16.8. The van der Waals surface area contributed by atoms with Crippen molar-refractivity contribution in [3.63, 3.8) is 0 Å². The Morgan fingerprint density at radius 1 is 1.33 bits per heavy atom. The molecule has 1 amide bonds. The van der Waals surface area contributed by atoms with Gasteiger partial charge in [0.15, 0.2) is 5.16 Å². The van der Waals surface area contributed by atoms with Crippen LogP contribution in [0, 0.1) is 17.2 Å². The number of imidazole rings is 1. The van der Waals surface area contributed by atoms with Crippen molar-refractivity contribution in [3.8, 4) is 6.07 Å². The van der Waals surface area contributed by atoms with Crippen LogP contribution in [0.2, 0.25) is 0 Å². The molecular weight excluding hydrogens is 356 g/mol. The van der Waals surface area contributed by atoms with Crippen LogP contribution in [0.4, 0.5) is 0 Å². The second-order valence-corrected chi connectivity index (χ2v) is 8.34. The fraction of sp³-hybridized carbons (Fsp3) is 0.571. The van der Waals surface area contributed by atoms with Crippen LogP contribution in [0.1, 0.15) is 53.4 Å². The van der Waals surface area contributed by atoms with Crippen LogP contribution in [-0.2, 0) is 11.3 Å². The number of aryl methyl sites for hydroxylation is 1. The summed E-state index contributed by atoms with van der Waals surface area (Å²) in [6.07, 6.45) is 4.75. The lowest BCUT2D eigenvalue weighted by atomic mass is 9.90. The van der Waals surface area contributed by atoms with Crippen molar-refractivity contribution >= 4 is 28.7 Å². The molecule has 2 aromatic rings. The van der Waals surface area contributed by atoms with Gasteiger partial charge >= 0.3 is 0 Å². The molecule has 0 spiro atoms. The lowest BCUT2D eigenvalue weighted by Crippen LogP contribution is -2.49. The van der Waals surface area contributed by atoms with Gasteiger partial charge in [-0.25, -0.2) is 4.98 Å². The van der Waals surface area contributed by atoms with Gasteiger partial charge in [0.2, 0.25) is 5.91 Å². The maximum absolute atomic E-state index is 12.4. The maximum atomic E-state index is 12.4. The van der Waals surface area contributed by atoms with Crippen LogP contribution in [-0.4, -0.2) is 26.8 Å². The Kier molecular flexibility index (Phi) is 7.73. The van der Waals surface area contributed by atoms with Crippen LogP contribution >= 0.6 is 11.8 Å². The Labute approximate surface area is 166 Å². The third kappa shape index (κ3) is 5.49. The summed E-state index contributed by atoms with van der Waals surface area (Å²) in [5.74, 6) is 0.157. The highest BCUT2D eigenvalue weighted by Gasteiger charge is 2.30. The molecule has 0 fully saturated rings. The minimum absolute atomic E-state index is 0.0413. The van der Waals surface area contributed by atoms with E-state index < -0.39 is 5.54 Å². The van der Waals surface area contributed by atoms with Gasteiger partial charge in [-0.2, -0.15) is 5.26 Å². The molecule has 0 saturated carbocycles. The van der Waals surface area contributed by atoms with Gasteiger partial charge in [-0.3, -0.25) is 4.79 Å². The number of nitrogens with zero attached hydrogens (tertiary/aromatic N) is 3. The van der Waals surface area contributed by atoms with Crippen molar-refractivity contribution in [1.82, 2.24) is 14.9 Å². The number of hydrogen-bond donors (Lipinski definition) is 1. The number of amides is 1. The molecular formula is C21H30N4OS. The first-order valence-corrected chi connectivity index (χ1v) is 10.7. The number of benzene rings is 1. The molecule has 0 bridgehead atoms. The second kappa shape index (κ2) is 9.80. The van der Waals surface area contributed by atoms with Crippen molar-refractivity contribution in [2.75, 3.05) is 5.75 Å². The van der Waals surface area contributed by atoms with Crippen molar-refractivity contribution in [2.24, 2.45) is 5.92 Å². The van der Waals surface area contributed by atoms with Crippen LogP contribution in [0.5, 0.6) is 0 Å². The number of para-hydroxylation sites is 2. The summed E-state index contributed by atoms with van der Waals surface area (Å²) < 4.78 is 2.22. The molecule has 0 radical (unpaired) electrons. The molecule has 5 nitrogen and oxygen atoms in total. The molecule has 2 rings (SSSR count). The lowest BCUT2D eigenvalue weighted by molar-refractivity contribution is -0.120. The van der Waals surface area contributed by atoms with Crippen molar-refractivity contribution in [3.05, 3.63) is 24.3 Å². The molecule has 0 unspecified atom stereocenters. The predicted octanol–water partition coefficient (Wildman–Crippen LogP) is 4.76. The topological polar surface area (TPSA) is 70.7 Å². The molecule has 1 aromatic carbocycles. The normalized spacial score (nSPS) is 13.5. The molecule has 1 heterocycles. The number of nitriles is 1. The molecule has 146 valence electrons. The highest BCUT2D eigenvalue weighted by atomic mass is 32.2. The average Bonchev–Trinajstić information content (AvgIpc) is 3.01. The van der Waals surface area contributed by atoms with Crippen LogP contribution in [0.15, 0.2) is 29.4 Å². The van der Waals surface area contributed by atoms with E-state index in [9.17, 15) is 10.1 Å². The van der Waals surface area contributed by atoms with Crippen LogP contribution in [0.3, 0.4) is 0 Å². The predicted molar refractivity (Wildman–Crippen MR) is 112 cm³/mol. The molecule has 0 aliphatic rings. The molecule has 0 aliphatic carbocycles. The summed E-state index contributed by atoms with van der Waals surface area (Å²) in [6, 6.07) is 10.3. The number of nitrogens with one attached hydrogen (secondary N) is 1. The standard InChI is InChI=1S/C21H30N4OS/c1-5-6-7-10-13-25-18-12-9-8-11-17(18)23-20(25)27-14-19(26)24-21(4,15-22)16(2)3/h8-9,11-12,16H,5-7,10,13-14H2,1-4H3,(H,24,26)/t21-/m0/s1. The Hall–Kier alpha value is -2.00. The highest BCUT2D eigenvalue weighted by molar-refractivity contribution is 7.99. The highest BCUT2D eigenvalue weighted by Crippen LogP contribution is 2.25. The van der Waals surface area contributed by atoms with E-state index in [1.54, 1.807) is 6.92 Å². The first-order valence-electron chi connectivity index (χ1n) is 9.71. The van der Waals surface area contributed by atoms with E-state index in [4.69, 9.17) is 4.98 Å². The molecule has 6 heteroatoms. The smallest absolute Gasteiger partial charge is 0.231 e. The van der Waals surface area contributed by atoms with E-state index in [2.05, 4.69) is 28.9 Å². The summed E-state index contributed by atoms with van der Waals surface area (Å²) in [6.45, 7) is 8.76. The average molecular weight is 387 g/mol. The lowest BCUT2D eigenvalue weighted by Gasteiger charge is -2.27. The number of carbonyl (C=O) groups is 1. The van der Waals surface area contributed by atoms with Crippen LogP contribution in [0.25, 0.3) is 11.0 Å². The largest absolute Gasteiger partial charge is 0.337 e. The minimum Gasteiger partial charge on any atom is -0.337 e. The number of carbonyl (C=O) groups excluding carboxylic acids is 1. The minimum atomic E-state index is -0.849. The van der Waals surface area contributed by atoms with Gasteiger partial charge in [-0.05, 0) is 31.4 Å². The third-order valence-corrected chi connectivity index (χ3v) is 5.95. The number of thioether (sulfide) groups is 1. The second-order valence-electron chi connectivity index (χ2n) is 7.40. The van der Waals surface area contributed by atoms with Gasteiger partial charge in [0.1, 0.15) is 5.54 Å². The van der Waals surface area contributed by atoms with Gasteiger partial charge in [-0.1, -0.05) is 63.9 Å². The Morgan fingerprint density at radius 3 is 2.74 bits per heavy atom. The summed E-state index contributed by atoms with van der Waals surface area (Å²) >= 11 is 1.44. The summed E-state index contributed by atoms with van der Waals surface area (Å²) in [7, 11) is 0. The fourth-order valence-electron chi connectivity index (χ4n) is 2.83. The monoisotopic (exact) mass is 386 g/mol. The first-order chi connectivity index (χ1) is 12.9. The van der Waals surface area contributed by atoms with Gasteiger partial charge in [0.25, 0.3) is 0 Å². The number of unbranched alkanes of at least 4 members (excludes halogenated alkanes) is 3. The molecule has 1 aromatic heterocycles. The Bertz CT molecular complexity index is 808. The van der Waals surface area contributed by atoms with Crippen molar-refractivity contribution < 1.29 is 4.79 Å². The number of hydrogen-bond acceptors (Lipinski definition) is 4. The van der Waals surface area contributed by atoms with E-state index >= 15 is 0 Å². The van der Waals surface area contributed by atoms with Gasteiger partial charge in [-0.15, -0.1) is 0 Å². The van der Waals surface area contributed by atoms with E-state index in [1.165, 1.54) is 31.0 Å². The van der Waals surface area contributed by atoms with Gasteiger partial charge < -0.3 is 9.88 Å². The zero-order valence-corrected chi connectivity index (χ0v) is 17.6. The third-order valence-electron chi connectivity index (χ3n) is 4.97. The summed E-state index contributed by atoms with van der Waals surface area (Å²) in [5.41, 5.74) is 1.22. The van der Waals surface area contributed by atoms with E-state index in [0.29, 0.717) is 0 Å². The molecule has 1 N–H and O–H groups in total. The fourth-order valence-corrected chi connectivity index (χ4v) is 3.67. The van der Waals surface area contributed by atoms with Crippen molar-refractivity contribution in [2.45, 2.75) is 70.6 Å². The maximum Gasteiger partial charge on any atom is 0.231 e. The van der Waals surface area contributed by atoms with E-state index in [-0.39, 0.29) is 17.6 Å². The quantitative estimate of drug-likeness (QED) is 0.472. The van der Waals surface area contributed by atoms with E-state index in [0.717, 1.165) is 29.2 Å². The summed E-state index contributed by atoms with van der Waals surface area (Å²) in [5, 5.41) is 13.1. The Balaban J connectivity index is 2.09. The van der Waals surface area contributed by atoms with E-state index in [1.807, 2.05) is 32.0 Å². The number of rotatable bonds is 10. The zero-order chi connectivity index (χ0) is 19.9. The van der Waals surface area contributed by atoms with Gasteiger partial charge in [0, 0.05) is 6.54 Å². The molecule has 1 atom stereocenters.